The van der Waals surface area contributed by atoms with E-state index in [0.717, 1.165) is 22.3 Å². The van der Waals surface area contributed by atoms with Crippen LogP contribution in [0.3, 0.4) is 0 Å². The predicted octanol–water partition coefficient (Wildman–Crippen LogP) is 4.50. The molecule has 0 radical (unpaired) electrons. The number of hydrogen-bond donors (Lipinski definition) is 0. The lowest BCUT2D eigenvalue weighted by atomic mass is 10.1. The lowest BCUT2D eigenvalue weighted by molar-refractivity contribution is 0.488. The van der Waals surface area contributed by atoms with Crippen molar-refractivity contribution in [3.05, 3.63) is 72.3 Å². The molecular weight excluding hydrogens is 234 g/mol. The van der Waals surface area contributed by atoms with E-state index in [1.165, 1.54) is 0 Å². The van der Waals surface area contributed by atoms with Crippen LogP contribution in [0.1, 0.15) is 5.56 Å². The lowest BCUT2D eigenvalue weighted by Gasteiger charge is -2.08. The van der Waals surface area contributed by atoms with E-state index in [9.17, 15) is 0 Å². The average molecular weight is 245 g/mol. The first kappa shape index (κ1) is 11.3. The number of benzene rings is 3. The minimum absolute atomic E-state index is 0.630. The zero-order valence-electron chi connectivity index (χ0n) is 10.2. The summed E-state index contributed by atoms with van der Waals surface area (Å²) < 4.78 is 5.88. The van der Waals surface area contributed by atoms with E-state index in [-0.39, 0.29) is 0 Å². The van der Waals surface area contributed by atoms with Gasteiger partial charge in [0.05, 0.1) is 11.6 Å². The van der Waals surface area contributed by atoms with Crippen LogP contribution in [0.4, 0.5) is 0 Å². The second-order valence-electron chi connectivity index (χ2n) is 4.22. The fraction of sp³-hybridized carbons (Fsp3) is 0. The Labute approximate surface area is 111 Å². The molecule has 0 aliphatic carbocycles. The summed E-state index contributed by atoms with van der Waals surface area (Å²) in [6.07, 6.45) is 0. The van der Waals surface area contributed by atoms with Gasteiger partial charge in [0.1, 0.15) is 11.5 Å². The highest BCUT2D eigenvalue weighted by atomic mass is 16.5. The summed E-state index contributed by atoms with van der Waals surface area (Å²) in [5.74, 6) is 1.55. The fourth-order valence-corrected chi connectivity index (χ4v) is 2.01. The molecule has 0 saturated carbocycles. The molecule has 0 N–H and O–H groups in total. The molecule has 0 aliphatic rings. The molecule has 3 aromatic rings. The van der Waals surface area contributed by atoms with Gasteiger partial charge in [-0.3, -0.25) is 0 Å². The standard InChI is InChI=1S/C17H11NO/c18-12-13-8-10-15(11-9-13)19-17-7-3-5-14-4-1-2-6-16(14)17/h1-11H. The molecule has 2 nitrogen and oxygen atoms in total. The van der Waals surface area contributed by atoms with Crippen molar-refractivity contribution in [1.82, 2.24) is 0 Å². The molecule has 3 rings (SSSR count). The second kappa shape index (κ2) is 4.83. The van der Waals surface area contributed by atoms with E-state index in [1.54, 1.807) is 24.3 Å². The normalized spacial score (nSPS) is 10.1. The monoisotopic (exact) mass is 245 g/mol. The molecule has 3 aromatic carbocycles. The Bertz CT molecular complexity index is 749. The maximum atomic E-state index is 8.77. The van der Waals surface area contributed by atoms with Crippen LogP contribution in [0.5, 0.6) is 11.5 Å². The quantitative estimate of drug-likeness (QED) is 0.665. The van der Waals surface area contributed by atoms with Gasteiger partial charge in [-0.1, -0.05) is 36.4 Å². The van der Waals surface area contributed by atoms with Gasteiger partial charge in [0, 0.05) is 5.39 Å². The van der Waals surface area contributed by atoms with Gasteiger partial charge in [-0.2, -0.15) is 5.26 Å². The van der Waals surface area contributed by atoms with Crippen LogP contribution in [0, 0.1) is 11.3 Å². The van der Waals surface area contributed by atoms with Crippen molar-refractivity contribution in [2.75, 3.05) is 0 Å². The van der Waals surface area contributed by atoms with Crippen molar-refractivity contribution in [2.24, 2.45) is 0 Å². The SMILES string of the molecule is N#Cc1ccc(Oc2cccc3ccccc23)cc1. The molecule has 19 heavy (non-hydrogen) atoms. The third kappa shape index (κ3) is 2.27. The third-order valence-electron chi connectivity index (χ3n) is 2.96. The molecule has 2 heteroatoms. The van der Waals surface area contributed by atoms with Crippen LogP contribution in [0.25, 0.3) is 10.8 Å². The lowest BCUT2D eigenvalue weighted by Crippen LogP contribution is -1.86. The van der Waals surface area contributed by atoms with Crippen molar-refractivity contribution in [2.45, 2.75) is 0 Å². The van der Waals surface area contributed by atoms with E-state index in [0.29, 0.717) is 5.56 Å². The highest BCUT2D eigenvalue weighted by Crippen LogP contribution is 2.29. The molecule has 0 heterocycles. The van der Waals surface area contributed by atoms with E-state index in [2.05, 4.69) is 18.2 Å². The first-order valence-corrected chi connectivity index (χ1v) is 6.02. The predicted molar refractivity (Wildman–Crippen MR) is 75.2 cm³/mol. The number of nitriles is 1. The van der Waals surface area contributed by atoms with Crippen LogP contribution in [-0.2, 0) is 0 Å². The summed E-state index contributed by atoms with van der Waals surface area (Å²) in [5, 5.41) is 11.0. The summed E-state index contributed by atoms with van der Waals surface area (Å²) >= 11 is 0. The Balaban J connectivity index is 1.99. The zero-order valence-corrected chi connectivity index (χ0v) is 10.2. The van der Waals surface area contributed by atoms with Gasteiger partial charge in [-0.15, -0.1) is 0 Å². The molecule has 0 unspecified atom stereocenters. The summed E-state index contributed by atoms with van der Waals surface area (Å²) in [5.41, 5.74) is 0.630. The van der Waals surface area contributed by atoms with Crippen LogP contribution in [0.2, 0.25) is 0 Å². The van der Waals surface area contributed by atoms with Crippen molar-refractivity contribution in [3.8, 4) is 17.6 Å². The number of nitrogens with zero attached hydrogens (tertiary/aromatic N) is 1. The number of hydrogen-bond acceptors (Lipinski definition) is 2. The highest BCUT2D eigenvalue weighted by molar-refractivity contribution is 5.88. The van der Waals surface area contributed by atoms with E-state index < -0.39 is 0 Å². The molecule has 0 fully saturated rings. The maximum Gasteiger partial charge on any atom is 0.135 e. The molecule has 0 aliphatic heterocycles. The van der Waals surface area contributed by atoms with Gasteiger partial charge >= 0.3 is 0 Å². The summed E-state index contributed by atoms with van der Waals surface area (Å²) in [6.45, 7) is 0. The Morgan fingerprint density at radius 1 is 0.789 bits per heavy atom. The molecule has 90 valence electrons. The van der Waals surface area contributed by atoms with Gasteiger partial charge in [-0.25, -0.2) is 0 Å². The van der Waals surface area contributed by atoms with Gasteiger partial charge in [0.25, 0.3) is 0 Å². The Morgan fingerprint density at radius 2 is 1.53 bits per heavy atom. The molecular formula is C17H11NO. The number of rotatable bonds is 2. The summed E-state index contributed by atoms with van der Waals surface area (Å²) in [7, 11) is 0. The van der Waals surface area contributed by atoms with Crippen LogP contribution < -0.4 is 4.74 Å². The maximum absolute atomic E-state index is 8.77. The Kier molecular flexibility index (Phi) is 2.88. The largest absolute Gasteiger partial charge is 0.457 e. The fourth-order valence-electron chi connectivity index (χ4n) is 2.01. The minimum Gasteiger partial charge on any atom is -0.457 e. The van der Waals surface area contributed by atoms with E-state index in [4.69, 9.17) is 10.00 Å². The molecule has 0 aromatic heterocycles. The topological polar surface area (TPSA) is 33.0 Å². The van der Waals surface area contributed by atoms with Gasteiger partial charge in [-0.05, 0) is 35.7 Å². The molecule has 0 spiro atoms. The zero-order chi connectivity index (χ0) is 13.1. The number of fused-ring (bicyclic) bond motifs is 1. The minimum atomic E-state index is 0.630. The third-order valence-corrected chi connectivity index (χ3v) is 2.96. The van der Waals surface area contributed by atoms with E-state index >= 15 is 0 Å². The van der Waals surface area contributed by atoms with Gasteiger partial charge in [0.2, 0.25) is 0 Å². The van der Waals surface area contributed by atoms with E-state index in [1.807, 2.05) is 30.3 Å². The molecule has 0 bridgehead atoms. The average Bonchev–Trinajstić information content (AvgIpc) is 2.48. The highest BCUT2D eigenvalue weighted by Gasteiger charge is 2.02. The van der Waals surface area contributed by atoms with Gasteiger partial charge < -0.3 is 4.74 Å². The number of ether oxygens (including phenoxy) is 1. The van der Waals surface area contributed by atoms with Crippen molar-refractivity contribution < 1.29 is 4.74 Å². The molecule has 0 amide bonds. The van der Waals surface area contributed by atoms with Crippen LogP contribution in [0.15, 0.2) is 66.7 Å². The van der Waals surface area contributed by atoms with Crippen molar-refractivity contribution in [1.29, 1.82) is 5.26 Å². The van der Waals surface area contributed by atoms with Crippen LogP contribution in [-0.4, -0.2) is 0 Å². The molecule has 0 atom stereocenters. The Hall–Kier alpha value is -2.79. The summed E-state index contributed by atoms with van der Waals surface area (Å²) in [4.78, 5) is 0. The first-order valence-electron chi connectivity index (χ1n) is 6.02. The smallest absolute Gasteiger partial charge is 0.135 e. The first-order chi connectivity index (χ1) is 9.36. The van der Waals surface area contributed by atoms with Crippen LogP contribution >= 0.6 is 0 Å². The van der Waals surface area contributed by atoms with Crippen molar-refractivity contribution >= 4 is 10.8 Å². The Morgan fingerprint density at radius 3 is 2.32 bits per heavy atom. The van der Waals surface area contributed by atoms with Crippen molar-refractivity contribution in [3.63, 3.8) is 0 Å². The van der Waals surface area contributed by atoms with Gasteiger partial charge in [0.15, 0.2) is 0 Å². The second-order valence-corrected chi connectivity index (χ2v) is 4.22. The molecule has 0 saturated heterocycles. The summed E-state index contributed by atoms with van der Waals surface area (Å²) in [6, 6.07) is 23.3.